The Bertz CT molecular complexity index is 1130. The summed E-state index contributed by atoms with van der Waals surface area (Å²) in [7, 11) is 0. The zero-order chi connectivity index (χ0) is 18.1. The fraction of sp³-hybridized carbons (Fsp3) is 0.111. The average Bonchev–Trinajstić information content (AvgIpc) is 2.98. The van der Waals surface area contributed by atoms with Gasteiger partial charge >= 0.3 is 0 Å². The molecule has 7 nitrogen and oxygen atoms in total. The van der Waals surface area contributed by atoms with Crippen LogP contribution in [-0.4, -0.2) is 16.2 Å². The van der Waals surface area contributed by atoms with Gasteiger partial charge in [0.15, 0.2) is 4.80 Å². The van der Waals surface area contributed by atoms with Gasteiger partial charge in [0.05, 0.1) is 9.46 Å². The van der Waals surface area contributed by atoms with Crippen LogP contribution in [0.3, 0.4) is 0 Å². The Morgan fingerprint density at radius 3 is 2.54 bits per heavy atom. The second kappa shape index (κ2) is 6.57. The van der Waals surface area contributed by atoms with Crippen molar-refractivity contribution < 1.29 is 4.92 Å². The van der Waals surface area contributed by atoms with Crippen LogP contribution in [0.1, 0.15) is 5.56 Å². The molecule has 8 heteroatoms. The number of thiazole rings is 1. The number of hydrogen-bond acceptors (Lipinski definition) is 6. The first kappa shape index (κ1) is 16.2. The standard InChI is InChI=1S/C18H14N4O3S/c23-17-16(10-13-4-2-1-3-5-13)26-18-19-11-20(12-21(17)18)14-6-8-15(9-7-14)22(24)25/h1-10H,11-12H2/b16-10-. The predicted molar refractivity (Wildman–Crippen MR) is 99.8 cm³/mol. The van der Waals surface area contributed by atoms with Crippen molar-refractivity contribution >= 4 is 28.8 Å². The lowest BCUT2D eigenvalue weighted by Gasteiger charge is -2.25. The summed E-state index contributed by atoms with van der Waals surface area (Å²) in [6.45, 7) is 0.775. The molecule has 1 aromatic heterocycles. The second-order valence-electron chi connectivity index (χ2n) is 5.79. The summed E-state index contributed by atoms with van der Waals surface area (Å²) in [5, 5.41) is 10.8. The number of nitro groups is 1. The highest BCUT2D eigenvalue weighted by Gasteiger charge is 2.16. The van der Waals surface area contributed by atoms with Gasteiger partial charge in [0, 0.05) is 17.8 Å². The van der Waals surface area contributed by atoms with Gasteiger partial charge in [-0.25, -0.2) is 4.99 Å². The molecule has 0 saturated heterocycles. The summed E-state index contributed by atoms with van der Waals surface area (Å²) in [5.74, 6) is 0. The maximum absolute atomic E-state index is 12.7. The summed E-state index contributed by atoms with van der Waals surface area (Å²) >= 11 is 1.37. The van der Waals surface area contributed by atoms with Crippen LogP contribution in [0.4, 0.5) is 11.4 Å². The van der Waals surface area contributed by atoms with Crippen molar-refractivity contribution in [3.8, 4) is 0 Å². The highest BCUT2D eigenvalue weighted by Crippen LogP contribution is 2.20. The van der Waals surface area contributed by atoms with Crippen molar-refractivity contribution in [2.24, 2.45) is 4.99 Å². The Labute approximate surface area is 151 Å². The summed E-state index contributed by atoms with van der Waals surface area (Å²) in [6, 6.07) is 15.9. The number of rotatable bonds is 3. The molecule has 2 heterocycles. The van der Waals surface area contributed by atoms with E-state index in [1.807, 2.05) is 41.3 Å². The molecule has 0 fully saturated rings. The first-order valence-corrected chi connectivity index (χ1v) is 8.74. The molecule has 1 aliphatic rings. The molecule has 0 aliphatic carbocycles. The van der Waals surface area contributed by atoms with Crippen LogP contribution < -0.4 is 19.8 Å². The van der Waals surface area contributed by atoms with Crippen molar-refractivity contribution in [3.63, 3.8) is 0 Å². The molecule has 1 aliphatic heterocycles. The fourth-order valence-corrected chi connectivity index (χ4v) is 3.72. The van der Waals surface area contributed by atoms with E-state index in [9.17, 15) is 14.9 Å². The summed E-state index contributed by atoms with van der Waals surface area (Å²) in [5.41, 5.74) is 1.72. The first-order valence-electron chi connectivity index (χ1n) is 7.92. The first-order chi connectivity index (χ1) is 12.6. The third-order valence-electron chi connectivity index (χ3n) is 4.10. The van der Waals surface area contributed by atoms with E-state index in [4.69, 9.17) is 0 Å². The van der Waals surface area contributed by atoms with E-state index in [0.29, 0.717) is 22.7 Å². The number of hydrogen-bond donors (Lipinski definition) is 0. The minimum atomic E-state index is -0.433. The Morgan fingerprint density at radius 1 is 1.12 bits per heavy atom. The second-order valence-corrected chi connectivity index (χ2v) is 6.80. The highest BCUT2D eigenvalue weighted by molar-refractivity contribution is 7.07. The highest BCUT2D eigenvalue weighted by atomic mass is 32.1. The SMILES string of the molecule is O=c1/c(=C/c2ccccc2)sc2n1CN(c1ccc([N+](=O)[O-])cc1)CN=2. The lowest BCUT2D eigenvalue weighted by atomic mass is 10.2. The third-order valence-corrected chi connectivity index (χ3v) is 5.14. The molecular formula is C18H14N4O3S. The van der Waals surface area contributed by atoms with Crippen molar-refractivity contribution in [2.75, 3.05) is 11.6 Å². The van der Waals surface area contributed by atoms with E-state index in [1.165, 1.54) is 23.5 Å². The van der Waals surface area contributed by atoms with E-state index >= 15 is 0 Å². The smallest absolute Gasteiger partial charge is 0.271 e. The van der Waals surface area contributed by atoms with Gasteiger partial charge in [-0.1, -0.05) is 41.7 Å². The molecular weight excluding hydrogens is 352 g/mol. The molecule has 0 amide bonds. The van der Waals surface area contributed by atoms with Gasteiger partial charge in [-0.2, -0.15) is 0 Å². The molecule has 0 spiro atoms. The number of nitrogens with zero attached hydrogens (tertiary/aromatic N) is 4. The van der Waals surface area contributed by atoms with E-state index in [2.05, 4.69) is 4.99 Å². The molecule has 26 heavy (non-hydrogen) atoms. The molecule has 0 unspecified atom stereocenters. The molecule has 0 N–H and O–H groups in total. The third kappa shape index (κ3) is 3.02. The van der Waals surface area contributed by atoms with Gasteiger partial charge in [0.2, 0.25) is 0 Å². The summed E-state index contributed by atoms with van der Waals surface area (Å²) in [4.78, 5) is 30.1. The van der Waals surface area contributed by atoms with E-state index < -0.39 is 4.92 Å². The van der Waals surface area contributed by atoms with Crippen LogP contribution in [-0.2, 0) is 6.67 Å². The largest absolute Gasteiger partial charge is 0.334 e. The number of anilines is 1. The number of benzene rings is 2. The maximum atomic E-state index is 12.7. The van der Waals surface area contributed by atoms with Gasteiger partial charge in [-0.3, -0.25) is 19.5 Å². The number of aromatic nitrogens is 1. The fourth-order valence-electron chi connectivity index (χ4n) is 2.76. The van der Waals surface area contributed by atoms with E-state index in [1.54, 1.807) is 16.7 Å². The molecule has 0 radical (unpaired) electrons. The van der Waals surface area contributed by atoms with Crippen molar-refractivity contribution in [1.82, 2.24) is 4.57 Å². The lowest BCUT2D eigenvalue weighted by molar-refractivity contribution is -0.384. The predicted octanol–water partition coefficient (Wildman–Crippen LogP) is 1.70. The van der Waals surface area contributed by atoms with Crippen LogP contribution in [0.2, 0.25) is 0 Å². The van der Waals surface area contributed by atoms with Crippen LogP contribution in [0.5, 0.6) is 0 Å². The monoisotopic (exact) mass is 366 g/mol. The van der Waals surface area contributed by atoms with Gasteiger partial charge in [-0.05, 0) is 23.8 Å². The van der Waals surface area contributed by atoms with Gasteiger partial charge in [0.1, 0.15) is 13.3 Å². The molecule has 0 bridgehead atoms. The molecule has 0 atom stereocenters. The molecule has 3 aromatic rings. The summed E-state index contributed by atoms with van der Waals surface area (Å²) in [6.07, 6.45) is 1.87. The van der Waals surface area contributed by atoms with Crippen LogP contribution in [0.15, 0.2) is 64.4 Å². The van der Waals surface area contributed by atoms with Crippen molar-refractivity contribution in [3.05, 3.63) is 90.0 Å². The van der Waals surface area contributed by atoms with Crippen molar-refractivity contribution in [2.45, 2.75) is 6.67 Å². The number of nitro benzene ring substituents is 1. The van der Waals surface area contributed by atoms with Gasteiger partial charge < -0.3 is 4.90 Å². The molecule has 4 rings (SSSR count). The van der Waals surface area contributed by atoms with Gasteiger partial charge in [0.25, 0.3) is 11.2 Å². The molecule has 130 valence electrons. The topological polar surface area (TPSA) is 80.7 Å². The molecule has 2 aromatic carbocycles. The van der Waals surface area contributed by atoms with Crippen LogP contribution >= 0.6 is 11.3 Å². The molecule has 0 saturated carbocycles. The number of fused-ring (bicyclic) bond motifs is 1. The Kier molecular flexibility index (Phi) is 4.10. The minimum absolute atomic E-state index is 0.0378. The Balaban J connectivity index is 1.66. The van der Waals surface area contributed by atoms with Crippen molar-refractivity contribution in [1.29, 1.82) is 0 Å². The normalized spacial score (nSPS) is 14.0. The Hall–Kier alpha value is -3.26. The summed E-state index contributed by atoms with van der Waals surface area (Å²) < 4.78 is 2.27. The van der Waals surface area contributed by atoms with Crippen LogP contribution in [0.25, 0.3) is 6.08 Å². The number of non-ortho nitro benzene ring substituents is 1. The zero-order valence-corrected chi connectivity index (χ0v) is 14.4. The van der Waals surface area contributed by atoms with E-state index in [-0.39, 0.29) is 11.2 Å². The van der Waals surface area contributed by atoms with Crippen LogP contribution in [0, 0.1) is 10.1 Å². The Morgan fingerprint density at radius 2 is 1.85 bits per heavy atom. The quantitative estimate of drug-likeness (QED) is 0.522. The van der Waals surface area contributed by atoms with E-state index in [0.717, 1.165) is 11.3 Å². The lowest BCUT2D eigenvalue weighted by Crippen LogP contribution is -2.42. The zero-order valence-electron chi connectivity index (χ0n) is 13.6. The maximum Gasteiger partial charge on any atom is 0.271 e. The minimum Gasteiger partial charge on any atom is -0.334 e. The van der Waals surface area contributed by atoms with Gasteiger partial charge in [-0.15, -0.1) is 0 Å². The average molecular weight is 366 g/mol.